The Morgan fingerprint density at radius 1 is 1.04 bits per heavy atom. The second-order valence-electron chi connectivity index (χ2n) is 6.18. The molecular weight excluding hydrogens is 384 g/mol. The summed E-state index contributed by atoms with van der Waals surface area (Å²) in [5.74, 6) is 0.777. The molecule has 0 bridgehead atoms. The van der Waals surface area contributed by atoms with E-state index in [1.165, 1.54) is 22.1 Å². The number of hydrogen-bond acceptors (Lipinski definition) is 5. The van der Waals surface area contributed by atoms with Gasteiger partial charge in [0, 0.05) is 37.3 Å². The van der Waals surface area contributed by atoms with Crippen LogP contribution in [0.1, 0.15) is 9.67 Å². The molecule has 27 heavy (non-hydrogen) atoms. The van der Waals surface area contributed by atoms with Crippen LogP contribution in [-0.2, 0) is 0 Å². The minimum Gasteiger partial charge on any atom is -0.352 e. The molecule has 1 saturated heterocycles. The smallest absolute Gasteiger partial charge is 0.271 e. The number of piperazine rings is 1. The van der Waals surface area contributed by atoms with E-state index in [2.05, 4.69) is 10.00 Å². The molecule has 1 aliphatic rings. The normalized spacial score (nSPS) is 14.4. The third kappa shape index (κ3) is 3.74. The fourth-order valence-corrected chi connectivity index (χ4v) is 3.93. The van der Waals surface area contributed by atoms with Crippen molar-refractivity contribution in [3.8, 4) is 5.69 Å². The minimum atomic E-state index is -0.215. The summed E-state index contributed by atoms with van der Waals surface area (Å²) in [7, 11) is 0. The van der Waals surface area contributed by atoms with Gasteiger partial charge in [-0.2, -0.15) is 4.68 Å². The maximum Gasteiger partial charge on any atom is 0.271 e. The number of thiophene rings is 1. The molecule has 138 valence electrons. The van der Waals surface area contributed by atoms with Crippen molar-refractivity contribution in [1.29, 1.82) is 0 Å². The van der Waals surface area contributed by atoms with Crippen LogP contribution in [0.25, 0.3) is 5.69 Å². The molecule has 6 nitrogen and oxygen atoms in total. The van der Waals surface area contributed by atoms with Crippen LogP contribution in [0.5, 0.6) is 0 Å². The lowest BCUT2D eigenvalue weighted by Crippen LogP contribution is -2.49. The van der Waals surface area contributed by atoms with Crippen LogP contribution in [0, 0.1) is 0 Å². The van der Waals surface area contributed by atoms with Crippen LogP contribution in [-0.4, -0.2) is 46.8 Å². The molecule has 0 atom stereocenters. The van der Waals surface area contributed by atoms with E-state index >= 15 is 0 Å². The molecule has 3 aromatic rings. The van der Waals surface area contributed by atoms with E-state index < -0.39 is 0 Å². The van der Waals surface area contributed by atoms with E-state index in [0.717, 1.165) is 4.88 Å². The molecule has 4 rings (SSSR count). The number of halogens is 1. The minimum absolute atomic E-state index is 0.0708. The van der Waals surface area contributed by atoms with Crippen molar-refractivity contribution >= 4 is 34.7 Å². The van der Waals surface area contributed by atoms with Crippen molar-refractivity contribution in [3.63, 3.8) is 0 Å². The van der Waals surface area contributed by atoms with E-state index in [-0.39, 0.29) is 11.5 Å². The maximum atomic E-state index is 12.5. The Balaban J connectivity index is 1.51. The average molecular weight is 401 g/mol. The predicted octanol–water partition coefficient (Wildman–Crippen LogP) is 2.91. The zero-order valence-electron chi connectivity index (χ0n) is 14.4. The first-order valence-corrected chi connectivity index (χ1v) is 9.82. The number of rotatable bonds is 3. The summed E-state index contributed by atoms with van der Waals surface area (Å²) in [6, 6.07) is 14.0. The number of aromatic nitrogens is 2. The maximum absolute atomic E-state index is 12.5. The highest BCUT2D eigenvalue weighted by atomic mass is 35.5. The summed E-state index contributed by atoms with van der Waals surface area (Å²) in [4.78, 5) is 29.4. The lowest BCUT2D eigenvalue weighted by atomic mass is 10.3. The zero-order valence-corrected chi connectivity index (χ0v) is 16.0. The molecule has 1 aliphatic heterocycles. The van der Waals surface area contributed by atoms with Gasteiger partial charge in [-0.15, -0.1) is 16.4 Å². The fourth-order valence-electron chi connectivity index (χ4n) is 3.06. The molecule has 3 heterocycles. The molecule has 0 saturated carbocycles. The van der Waals surface area contributed by atoms with Gasteiger partial charge in [0.15, 0.2) is 0 Å². The highest BCUT2D eigenvalue weighted by molar-refractivity contribution is 7.12. The van der Waals surface area contributed by atoms with Crippen molar-refractivity contribution in [2.45, 2.75) is 0 Å². The molecule has 0 radical (unpaired) electrons. The number of benzene rings is 1. The molecule has 1 amide bonds. The number of amides is 1. The SMILES string of the molecule is O=C(c1cccs1)N1CCN(c2ccc(=O)n(-c3cccc(Cl)c3)n2)CC1. The Morgan fingerprint density at radius 2 is 1.85 bits per heavy atom. The highest BCUT2D eigenvalue weighted by Gasteiger charge is 2.23. The largest absolute Gasteiger partial charge is 0.352 e. The van der Waals surface area contributed by atoms with Gasteiger partial charge in [0.2, 0.25) is 0 Å². The summed E-state index contributed by atoms with van der Waals surface area (Å²) in [5, 5.41) is 6.95. The van der Waals surface area contributed by atoms with Crippen LogP contribution in [0.15, 0.2) is 58.7 Å². The van der Waals surface area contributed by atoms with E-state index in [9.17, 15) is 9.59 Å². The number of carbonyl (C=O) groups excluding carboxylic acids is 1. The molecule has 0 N–H and O–H groups in total. The van der Waals surface area contributed by atoms with Gasteiger partial charge in [-0.3, -0.25) is 9.59 Å². The monoisotopic (exact) mass is 400 g/mol. The number of nitrogens with zero attached hydrogens (tertiary/aromatic N) is 4. The van der Waals surface area contributed by atoms with Gasteiger partial charge in [-0.25, -0.2) is 0 Å². The first-order chi connectivity index (χ1) is 13.1. The van der Waals surface area contributed by atoms with Crippen molar-refractivity contribution in [1.82, 2.24) is 14.7 Å². The first-order valence-electron chi connectivity index (χ1n) is 8.56. The Kier molecular flexibility index (Phi) is 4.96. The second-order valence-corrected chi connectivity index (χ2v) is 7.56. The quantitative estimate of drug-likeness (QED) is 0.678. The van der Waals surface area contributed by atoms with Gasteiger partial charge >= 0.3 is 0 Å². The summed E-state index contributed by atoms with van der Waals surface area (Å²) < 4.78 is 1.35. The molecular formula is C19H17ClN4O2S. The number of carbonyl (C=O) groups is 1. The molecule has 1 aromatic carbocycles. The van der Waals surface area contributed by atoms with Crippen molar-refractivity contribution in [2.24, 2.45) is 0 Å². The fraction of sp³-hybridized carbons (Fsp3) is 0.211. The van der Waals surface area contributed by atoms with Gasteiger partial charge in [-0.05, 0) is 35.7 Å². The first kappa shape index (κ1) is 17.8. The topological polar surface area (TPSA) is 58.4 Å². The Hall–Kier alpha value is -2.64. The Morgan fingerprint density at radius 3 is 2.56 bits per heavy atom. The van der Waals surface area contributed by atoms with Crippen molar-refractivity contribution in [2.75, 3.05) is 31.1 Å². The molecule has 0 spiro atoms. The van der Waals surface area contributed by atoms with E-state index in [0.29, 0.717) is 42.7 Å². The van der Waals surface area contributed by atoms with Gasteiger partial charge < -0.3 is 9.80 Å². The van der Waals surface area contributed by atoms with E-state index in [1.807, 2.05) is 22.4 Å². The molecule has 8 heteroatoms. The lowest BCUT2D eigenvalue weighted by Gasteiger charge is -2.35. The molecule has 1 fully saturated rings. The highest BCUT2D eigenvalue weighted by Crippen LogP contribution is 2.18. The molecule has 0 unspecified atom stereocenters. The lowest BCUT2D eigenvalue weighted by molar-refractivity contribution is 0.0751. The summed E-state index contributed by atoms with van der Waals surface area (Å²) >= 11 is 7.49. The van der Waals surface area contributed by atoms with Crippen LogP contribution in [0.3, 0.4) is 0 Å². The van der Waals surface area contributed by atoms with E-state index in [4.69, 9.17) is 11.6 Å². The van der Waals surface area contributed by atoms with Gasteiger partial charge in [0.1, 0.15) is 5.82 Å². The number of hydrogen-bond donors (Lipinski definition) is 0. The third-order valence-electron chi connectivity index (χ3n) is 4.46. The van der Waals surface area contributed by atoms with Crippen LogP contribution in [0.4, 0.5) is 5.82 Å². The summed E-state index contributed by atoms with van der Waals surface area (Å²) in [5.41, 5.74) is 0.411. The Bertz CT molecular complexity index is 1010. The van der Waals surface area contributed by atoms with Gasteiger partial charge in [0.05, 0.1) is 10.6 Å². The van der Waals surface area contributed by atoms with Crippen LogP contribution in [0.2, 0.25) is 5.02 Å². The second kappa shape index (κ2) is 7.54. The predicted molar refractivity (Wildman–Crippen MR) is 107 cm³/mol. The summed E-state index contributed by atoms with van der Waals surface area (Å²) in [6.45, 7) is 2.57. The van der Waals surface area contributed by atoms with Gasteiger partial charge in [0.25, 0.3) is 11.5 Å². The number of anilines is 1. The molecule has 2 aromatic heterocycles. The van der Waals surface area contributed by atoms with Crippen LogP contribution < -0.4 is 10.5 Å². The average Bonchev–Trinajstić information content (AvgIpc) is 3.23. The van der Waals surface area contributed by atoms with Crippen molar-refractivity contribution in [3.05, 3.63) is 74.2 Å². The summed E-state index contributed by atoms with van der Waals surface area (Å²) in [6.07, 6.45) is 0. The van der Waals surface area contributed by atoms with Gasteiger partial charge in [-0.1, -0.05) is 23.7 Å². The Labute approximate surface area is 165 Å². The third-order valence-corrected chi connectivity index (χ3v) is 5.55. The molecule has 0 aliphatic carbocycles. The standard InChI is InChI=1S/C19H17ClN4O2S/c20-14-3-1-4-15(13-14)24-18(25)7-6-17(21-24)22-8-10-23(11-9-22)19(26)16-5-2-12-27-16/h1-7,12-13H,8-11H2. The van der Waals surface area contributed by atoms with E-state index in [1.54, 1.807) is 30.3 Å². The van der Waals surface area contributed by atoms with Crippen LogP contribution >= 0.6 is 22.9 Å². The zero-order chi connectivity index (χ0) is 18.8. The van der Waals surface area contributed by atoms with Crippen molar-refractivity contribution < 1.29 is 4.79 Å².